The van der Waals surface area contributed by atoms with Crippen LogP contribution in [0.4, 0.5) is 8.78 Å². The number of carbonyl (C=O) groups is 1. The average molecular weight is 335 g/mol. The summed E-state index contributed by atoms with van der Waals surface area (Å²) in [7, 11) is 1.29. The van der Waals surface area contributed by atoms with Gasteiger partial charge in [-0.1, -0.05) is 11.3 Å². The molecule has 0 saturated heterocycles. The van der Waals surface area contributed by atoms with Crippen molar-refractivity contribution in [3.05, 3.63) is 52.7 Å². The van der Waals surface area contributed by atoms with E-state index in [1.165, 1.54) is 18.4 Å². The first-order valence-corrected chi connectivity index (χ1v) is 7.45. The van der Waals surface area contributed by atoms with E-state index in [9.17, 15) is 13.6 Å². The zero-order valence-corrected chi connectivity index (χ0v) is 12.8. The molecule has 0 aliphatic rings. The van der Waals surface area contributed by atoms with Gasteiger partial charge in [-0.2, -0.15) is 0 Å². The van der Waals surface area contributed by atoms with Crippen LogP contribution >= 0.6 is 11.3 Å². The summed E-state index contributed by atoms with van der Waals surface area (Å²) in [6, 6.07) is 5.71. The molecule has 0 spiro atoms. The van der Waals surface area contributed by atoms with E-state index in [0.29, 0.717) is 5.01 Å². The number of nitrogens with one attached hydrogen (secondary N) is 1. The van der Waals surface area contributed by atoms with Crippen molar-refractivity contribution in [3.63, 3.8) is 0 Å². The molecule has 0 fully saturated rings. The first-order valence-electron chi connectivity index (χ1n) is 6.63. The lowest BCUT2D eigenvalue weighted by Gasteiger charge is -2.09. The maximum Gasteiger partial charge on any atom is 0.257 e. The number of rotatable bonds is 4. The summed E-state index contributed by atoms with van der Waals surface area (Å²) in [6.45, 7) is -0.00321. The average Bonchev–Trinajstić information content (AvgIpc) is 2.96. The topological polar surface area (TPSA) is 64.1 Å². The van der Waals surface area contributed by atoms with E-state index in [1.54, 1.807) is 12.3 Å². The fourth-order valence-corrected chi connectivity index (χ4v) is 2.81. The Balaban J connectivity index is 1.84. The van der Waals surface area contributed by atoms with E-state index in [1.807, 2.05) is 6.07 Å². The second kappa shape index (κ2) is 6.25. The zero-order chi connectivity index (χ0) is 16.4. The van der Waals surface area contributed by atoms with Crippen LogP contribution in [0, 0.1) is 11.6 Å². The number of hydrogen-bond donors (Lipinski definition) is 1. The summed E-state index contributed by atoms with van der Waals surface area (Å²) in [4.78, 5) is 20.7. The molecule has 8 heteroatoms. The van der Waals surface area contributed by atoms with Crippen molar-refractivity contribution in [2.24, 2.45) is 0 Å². The summed E-state index contributed by atoms with van der Waals surface area (Å²) in [5, 5.41) is 2.79. The molecule has 0 unspecified atom stereocenters. The number of halogens is 2. The molecule has 23 heavy (non-hydrogen) atoms. The number of amides is 1. The third-order valence-electron chi connectivity index (χ3n) is 3.07. The van der Waals surface area contributed by atoms with Gasteiger partial charge in [0.25, 0.3) is 5.91 Å². The van der Waals surface area contributed by atoms with Gasteiger partial charge in [-0.25, -0.2) is 18.7 Å². The Hall–Kier alpha value is -2.61. The van der Waals surface area contributed by atoms with E-state index >= 15 is 0 Å². The summed E-state index contributed by atoms with van der Waals surface area (Å²) < 4.78 is 33.2. The Morgan fingerprint density at radius 2 is 2.17 bits per heavy atom. The van der Waals surface area contributed by atoms with Gasteiger partial charge in [0.2, 0.25) is 0 Å². The zero-order valence-electron chi connectivity index (χ0n) is 12.0. The van der Waals surface area contributed by atoms with Gasteiger partial charge >= 0.3 is 0 Å². The van der Waals surface area contributed by atoms with Gasteiger partial charge in [0.05, 0.1) is 0 Å². The standard InChI is InChI=1S/C15H11F2N3O2S/c1-18-14(21)12-8(16)4-5-10(13(12)17)22-7-11-20-9-3-2-6-19-15(9)23-11/h2-6H,7H2,1H3,(H,18,21). The van der Waals surface area contributed by atoms with E-state index in [-0.39, 0.29) is 12.4 Å². The molecule has 1 N–H and O–H groups in total. The maximum atomic E-state index is 14.2. The molecule has 0 bridgehead atoms. The molecule has 2 aromatic heterocycles. The summed E-state index contributed by atoms with van der Waals surface area (Å²) >= 11 is 1.32. The normalized spacial score (nSPS) is 10.7. The number of aromatic nitrogens is 2. The Kier molecular flexibility index (Phi) is 4.16. The fourth-order valence-electron chi connectivity index (χ4n) is 1.99. The van der Waals surface area contributed by atoms with Crippen molar-refractivity contribution >= 4 is 27.6 Å². The molecule has 118 valence electrons. The minimum atomic E-state index is -1.04. The van der Waals surface area contributed by atoms with E-state index in [2.05, 4.69) is 15.3 Å². The molecule has 0 atom stereocenters. The lowest BCUT2D eigenvalue weighted by atomic mass is 10.1. The van der Waals surface area contributed by atoms with Gasteiger partial charge in [-0.3, -0.25) is 4.79 Å². The largest absolute Gasteiger partial charge is 0.483 e. The number of carbonyl (C=O) groups excluding carboxylic acids is 1. The molecular weight excluding hydrogens is 324 g/mol. The van der Waals surface area contributed by atoms with E-state index in [0.717, 1.165) is 22.5 Å². The van der Waals surface area contributed by atoms with Gasteiger partial charge in [0.15, 0.2) is 11.6 Å². The van der Waals surface area contributed by atoms with Crippen LogP contribution < -0.4 is 10.1 Å². The monoisotopic (exact) mass is 335 g/mol. The van der Waals surface area contributed by atoms with Crippen molar-refractivity contribution in [1.82, 2.24) is 15.3 Å². The number of fused-ring (bicyclic) bond motifs is 1. The predicted octanol–water partition coefficient (Wildman–Crippen LogP) is 2.91. The quantitative estimate of drug-likeness (QED) is 0.796. The highest BCUT2D eigenvalue weighted by atomic mass is 32.1. The van der Waals surface area contributed by atoms with Crippen LogP contribution in [0.5, 0.6) is 5.75 Å². The number of thiazole rings is 1. The van der Waals surface area contributed by atoms with Gasteiger partial charge in [0.1, 0.15) is 33.3 Å². The fraction of sp³-hybridized carbons (Fsp3) is 0.133. The second-order valence-corrected chi connectivity index (χ2v) is 5.60. The van der Waals surface area contributed by atoms with Crippen LogP contribution in [0.25, 0.3) is 10.3 Å². The minimum absolute atomic E-state index is 0.00321. The number of pyridine rings is 1. The van der Waals surface area contributed by atoms with Crippen molar-refractivity contribution < 1.29 is 18.3 Å². The molecule has 0 aliphatic carbocycles. The van der Waals surface area contributed by atoms with Gasteiger partial charge in [-0.05, 0) is 24.3 Å². The Morgan fingerprint density at radius 1 is 1.35 bits per heavy atom. The first kappa shape index (κ1) is 15.3. The smallest absolute Gasteiger partial charge is 0.257 e. The highest BCUT2D eigenvalue weighted by Crippen LogP contribution is 2.26. The highest BCUT2D eigenvalue weighted by Gasteiger charge is 2.20. The number of hydrogen-bond acceptors (Lipinski definition) is 5. The lowest BCUT2D eigenvalue weighted by molar-refractivity contribution is 0.0953. The molecule has 1 amide bonds. The van der Waals surface area contributed by atoms with Crippen molar-refractivity contribution in [2.45, 2.75) is 6.61 Å². The molecule has 5 nitrogen and oxygen atoms in total. The van der Waals surface area contributed by atoms with Crippen molar-refractivity contribution in [2.75, 3.05) is 7.05 Å². The van der Waals surface area contributed by atoms with Gasteiger partial charge < -0.3 is 10.1 Å². The number of nitrogens with zero attached hydrogens (tertiary/aromatic N) is 2. The maximum absolute atomic E-state index is 14.2. The third-order valence-corrected chi connectivity index (χ3v) is 4.02. The van der Waals surface area contributed by atoms with Crippen molar-refractivity contribution in [3.8, 4) is 5.75 Å². The molecular formula is C15H11F2N3O2S. The van der Waals surface area contributed by atoms with Crippen molar-refractivity contribution in [1.29, 1.82) is 0 Å². The van der Waals surface area contributed by atoms with Gasteiger partial charge in [-0.15, -0.1) is 0 Å². The SMILES string of the molecule is CNC(=O)c1c(F)ccc(OCc2nc3cccnc3s2)c1F. The van der Waals surface area contributed by atoms with Crippen LogP contribution in [0.2, 0.25) is 0 Å². The molecule has 1 aromatic carbocycles. The summed E-state index contributed by atoms with van der Waals surface area (Å²) in [5.74, 6) is -3.05. The Bertz CT molecular complexity index is 849. The first-order chi connectivity index (χ1) is 11.1. The highest BCUT2D eigenvalue weighted by molar-refractivity contribution is 7.18. The van der Waals surface area contributed by atoms with Gasteiger partial charge in [0, 0.05) is 13.2 Å². The molecule has 0 radical (unpaired) electrons. The van der Waals surface area contributed by atoms with Crippen LogP contribution in [-0.4, -0.2) is 22.9 Å². The minimum Gasteiger partial charge on any atom is -0.483 e. The van der Waals surface area contributed by atoms with Crippen LogP contribution in [-0.2, 0) is 6.61 Å². The van der Waals surface area contributed by atoms with Crippen LogP contribution in [0.1, 0.15) is 15.4 Å². The molecule has 3 aromatic rings. The summed E-state index contributed by atoms with van der Waals surface area (Å²) in [6.07, 6.45) is 1.65. The Morgan fingerprint density at radius 3 is 2.91 bits per heavy atom. The predicted molar refractivity (Wildman–Crippen MR) is 81.5 cm³/mol. The van der Waals surface area contributed by atoms with Crippen LogP contribution in [0.15, 0.2) is 30.5 Å². The second-order valence-electron chi connectivity index (χ2n) is 4.54. The molecule has 2 heterocycles. The summed E-state index contributed by atoms with van der Waals surface area (Å²) in [5.41, 5.74) is 0.0534. The number of ether oxygens (including phenoxy) is 1. The molecule has 0 saturated carbocycles. The third kappa shape index (κ3) is 2.98. The lowest BCUT2D eigenvalue weighted by Crippen LogP contribution is -2.21. The molecule has 0 aliphatic heterocycles. The van der Waals surface area contributed by atoms with E-state index in [4.69, 9.17) is 4.74 Å². The van der Waals surface area contributed by atoms with E-state index < -0.39 is 23.1 Å². The Labute approximate surface area is 134 Å². The molecule has 3 rings (SSSR count). The number of benzene rings is 1. The van der Waals surface area contributed by atoms with Crippen LogP contribution in [0.3, 0.4) is 0 Å².